The Hall–Kier alpha value is -3.17. The normalized spacial score (nSPS) is 11.0. The molecule has 0 N–H and O–H groups in total. The molecule has 0 fully saturated rings. The molecule has 30 heavy (non-hydrogen) atoms. The summed E-state index contributed by atoms with van der Waals surface area (Å²) in [4.78, 5) is 4.74. The Labute approximate surface area is 180 Å². The van der Waals surface area contributed by atoms with Gasteiger partial charge in [-0.05, 0) is 61.4 Å². The minimum Gasteiger partial charge on any atom is -0.494 e. The lowest BCUT2D eigenvalue weighted by molar-refractivity contribution is 0.332. The molecule has 0 bridgehead atoms. The van der Waals surface area contributed by atoms with Gasteiger partial charge in [-0.2, -0.15) is 5.26 Å². The molecule has 2 aromatic heterocycles. The summed E-state index contributed by atoms with van der Waals surface area (Å²) in [5.41, 5.74) is 4.32. The number of aryl methyl sites for hydroxylation is 1. The maximum absolute atomic E-state index is 9.72. The van der Waals surface area contributed by atoms with Crippen LogP contribution in [0, 0.1) is 11.3 Å². The Morgan fingerprint density at radius 2 is 1.77 bits per heavy atom. The zero-order valence-corrected chi connectivity index (χ0v) is 17.9. The van der Waals surface area contributed by atoms with Crippen LogP contribution >= 0.6 is 11.8 Å². The first-order chi connectivity index (χ1) is 14.7. The van der Waals surface area contributed by atoms with Gasteiger partial charge in [-0.25, -0.2) is 4.98 Å². The fraction of sp³-hybridized carbons (Fsp3) is 0.250. The van der Waals surface area contributed by atoms with E-state index < -0.39 is 0 Å². The molecule has 0 aliphatic heterocycles. The molecule has 0 aliphatic rings. The molecule has 0 atom stereocenters. The monoisotopic (exact) mass is 417 g/mol. The lowest BCUT2D eigenvalue weighted by atomic mass is 10.1. The third-order valence-electron chi connectivity index (χ3n) is 4.85. The van der Waals surface area contributed by atoms with Gasteiger partial charge in [0.05, 0.1) is 34.8 Å². The molecule has 6 heteroatoms. The van der Waals surface area contributed by atoms with Crippen molar-refractivity contribution >= 4 is 28.4 Å². The van der Waals surface area contributed by atoms with E-state index in [4.69, 9.17) is 14.5 Å². The van der Waals surface area contributed by atoms with E-state index in [1.54, 1.807) is 11.8 Å². The summed E-state index contributed by atoms with van der Waals surface area (Å²) in [7, 11) is 0. The Morgan fingerprint density at radius 3 is 2.47 bits per heavy atom. The van der Waals surface area contributed by atoms with E-state index in [1.807, 2.05) is 55.5 Å². The van der Waals surface area contributed by atoms with Gasteiger partial charge in [0, 0.05) is 5.75 Å². The summed E-state index contributed by atoms with van der Waals surface area (Å²) in [5, 5.41) is 10.8. The van der Waals surface area contributed by atoms with Gasteiger partial charge >= 0.3 is 0 Å². The summed E-state index contributed by atoms with van der Waals surface area (Å²) in [6, 6.07) is 20.2. The second-order valence-corrected chi connectivity index (χ2v) is 7.82. The lowest BCUT2D eigenvalue weighted by Gasteiger charge is -2.12. The Morgan fingerprint density at radius 1 is 1.03 bits per heavy atom. The molecule has 2 heterocycles. The van der Waals surface area contributed by atoms with Crippen LogP contribution in [0.4, 0.5) is 0 Å². The largest absolute Gasteiger partial charge is 0.494 e. The number of benzene rings is 2. The Bertz CT molecular complexity index is 1210. The smallest absolute Gasteiger partial charge is 0.157 e. The van der Waals surface area contributed by atoms with Crippen molar-refractivity contribution in [3.8, 4) is 17.6 Å². The summed E-state index contributed by atoms with van der Waals surface area (Å²) in [6.45, 7) is 5.26. The zero-order valence-electron chi connectivity index (χ0n) is 17.1. The van der Waals surface area contributed by atoms with Crippen LogP contribution in [0.5, 0.6) is 11.5 Å². The van der Waals surface area contributed by atoms with Crippen molar-refractivity contribution in [3.63, 3.8) is 0 Å². The molecule has 0 saturated carbocycles. The molecule has 0 amide bonds. The molecular formula is C24H23N3O2S. The van der Waals surface area contributed by atoms with Crippen LogP contribution in [-0.4, -0.2) is 28.4 Å². The summed E-state index contributed by atoms with van der Waals surface area (Å²) < 4.78 is 13.4. The van der Waals surface area contributed by atoms with Gasteiger partial charge in [0.1, 0.15) is 17.6 Å². The summed E-state index contributed by atoms with van der Waals surface area (Å²) in [6.07, 6.45) is 0.791. The molecule has 0 saturated heterocycles. The third kappa shape index (κ3) is 3.94. The van der Waals surface area contributed by atoms with Gasteiger partial charge < -0.3 is 9.47 Å². The van der Waals surface area contributed by atoms with E-state index in [-0.39, 0.29) is 0 Å². The number of hydrogen-bond donors (Lipinski definition) is 0. The van der Waals surface area contributed by atoms with Gasteiger partial charge in [-0.3, -0.25) is 4.40 Å². The SMILES string of the molecule is CCOc1ccc(OCCSc2cc(CC)c(C#N)c3nc4ccccc4n23)cc1. The minimum absolute atomic E-state index is 0.578. The predicted molar refractivity (Wildman–Crippen MR) is 121 cm³/mol. The molecule has 4 rings (SSSR count). The zero-order chi connectivity index (χ0) is 20.9. The highest BCUT2D eigenvalue weighted by Crippen LogP contribution is 2.30. The van der Waals surface area contributed by atoms with E-state index >= 15 is 0 Å². The maximum atomic E-state index is 9.72. The number of aromatic nitrogens is 2. The molecule has 4 aromatic rings. The van der Waals surface area contributed by atoms with Crippen LogP contribution in [0.1, 0.15) is 25.0 Å². The topological polar surface area (TPSA) is 59.5 Å². The standard InChI is InChI=1S/C24H23N3O2S/c1-3-17-15-23(30-14-13-29-19-11-9-18(10-12-19)28-4-2)27-22-8-6-5-7-21(22)26-24(27)20(17)16-25/h5-12,15H,3-4,13-14H2,1-2H3. The van der Waals surface area contributed by atoms with Crippen LogP contribution in [0.25, 0.3) is 16.7 Å². The van der Waals surface area contributed by atoms with Crippen LogP contribution in [0.15, 0.2) is 59.6 Å². The molecular weight excluding hydrogens is 394 g/mol. The molecule has 0 spiro atoms. The second-order valence-electron chi connectivity index (χ2n) is 6.71. The fourth-order valence-electron chi connectivity index (χ4n) is 3.46. The van der Waals surface area contributed by atoms with E-state index in [1.165, 1.54) is 0 Å². The first-order valence-corrected chi connectivity index (χ1v) is 11.0. The van der Waals surface area contributed by atoms with Crippen molar-refractivity contribution in [3.05, 3.63) is 65.7 Å². The highest BCUT2D eigenvalue weighted by atomic mass is 32.2. The number of pyridine rings is 1. The number of nitriles is 1. The minimum atomic E-state index is 0.578. The fourth-order valence-corrected chi connectivity index (χ4v) is 4.37. The van der Waals surface area contributed by atoms with Crippen LogP contribution < -0.4 is 9.47 Å². The molecule has 152 valence electrons. The first-order valence-electron chi connectivity index (χ1n) is 10.1. The van der Waals surface area contributed by atoms with Crippen LogP contribution in [0.3, 0.4) is 0 Å². The molecule has 0 radical (unpaired) electrons. The number of ether oxygens (including phenoxy) is 2. The third-order valence-corrected chi connectivity index (χ3v) is 5.82. The quantitative estimate of drug-likeness (QED) is 0.280. The highest BCUT2D eigenvalue weighted by molar-refractivity contribution is 7.99. The maximum Gasteiger partial charge on any atom is 0.157 e. The van der Waals surface area contributed by atoms with E-state index in [0.29, 0.717) is 18.8 Å². The Kier molecular flexibility index (Phi) is 6.10. The van der Waals surface area contributed by atoms with Crippen molar-refractivity contribution < 1.29 is 9.47 Å². The predicted octanol–water partition coefficient (Wildman–Crippen LogP) is 5.49. The highest BCUT2D eigenvalue weighted by Gasteiger charge is 2.16. The number of nitrogens with zero attached hydrogens (tertiary/aromatic N) is 3. The van der Waals surface area contributed by atoms with Crippen molar-refractivity contribution in [1.29, 1.82) is 5.26 Å². The van der Waals surface area contributed by atoms with E-state index in [0.717, 1.165) is 50.9 Å². The number of fused-ring (bicyclic) bond motifs is 3. The van der Waals surface area contributed by atoms with Crippen molar-refractivity contribution in [1.82, 2.24) is 9.38 Å². The summed E-state index contributed by atoms with van der Waals surface area (Å²) >= 11 is 1.71. The van der Waals surface area contributed by atoms with Gasteiger partial charge in [0.15, 0.2) is 5.65 Å². The average Bonchev–Trinajstić information content (AvgIpc) is 3.17. The molecule has 5 nitrogen and oxygen atoms in total. The first kappa shape index (κ1) is 20.1. The van der Waals surface area contributed by atoms with Gasteiger partial charge in [0.25, 0.3) is 0 Å². The molecule has 2 aromatic carbocycles. The molecule has 0 unspecified atom stereocenters. The van der Waals surface area contributed by atoms with Crippen molar-refractivity contribution in [2.45, 2.75) is 25.3 Å². The second kappa shape index (κ2) is 9.10. The number of imidazole rings is 1. The number of rotatable bonds is 8. The average molecular weight is 418 g/mol. The van der Waals surface area contributed by atoms with Crippen molar-refractivity contribution in [2.75, 3.05) is 19.0 Å². The van der Waals surface area contributed by atoms with Crippen LogP contribution in [0.2, 0.25) is 0 Å². The summed E-state index contributed by atoms with van der Waals surface area (Å²) in [5.74, 6) is 2.45. The van der Waals surface area contributed by atoms with Gasteiger partial charge in [0.2, 0.25) is 0 Å². The van der Waals surface area contributed by atoms with E-state index in [2.05, 4.69) is 23.5 Å². The van der Waals surface area contributed by atoms with E-state index in [9.17, 15) is 5.26 Å². The van der Waals surface area contributed by atoms with Gasteiger partial charge in [-0.1, -0.05) is 19.1 Å². The van der Waals surface area contributed by atoms with Crippen LogP contribution in [-0.2, 0) is 6.42 Å². The van der Waals surface area contributed by atoms with Gasteiger partial charge in [-0.15, -0.1) is 11.8 Å². The van der Waals surface area contributed by atoms with Crippen molar-refractivity contribution in [2.24, 2.45) is 0 Å². The number of thioether (sulfide) groups is 1. The lowest BCUT2D eigenvalue weighted by Crippen LogP contribution is -2.03. The molecule has 0 aliphatic carbocycles. The Balaban J connectivity index is 1.55. The number of hydrogen-bond acceptors (Lipinski definition) is 5. The number of para-hydroxylation sites is 2.